The Kier molecular flexibility index (Phi) is 3.56. The summed E-state index contributed by atoms with van der Waals surface area (Å²) in [6, 6.07) is 0.0419. The van der Waals surface area contributed by atoms with Gasteiger partial charge in [-0.3, -0.25) is 0 Å². The van der Waals surface area contributed by atoms with E-state index < -0.39 is 0 Å². The van der Waals surface area contributed by atoms with Crippen LogP contribution in [0.15, 0.2) is 11.8 Å². The highest BCUT2D eigenvalue weighted by Crippen LogP contribution is 2.12. The standard InChI is InChI=1S/C9H18N2O/c1-11(2)7-8(10)9-5-3-4-6-12-9/h5,8H,3-4,6-7,10H2,1-2H3. The molecule has 1 aliphatic heterocycles. The molecule has 0 aliphatic carbocycles. The maximum Gasteiger partial charge on any atom is 0.110 e. The molecule has 0 saturated carbocycles. The quantitative estimate of drug-likeness (QED) is 0.673. The zero-order valence-corrected chi connectivity index (χ0v) is 7.92. The van der Waals surface area contributed by atoms with E-state index in [1.807, 2.05) is 14.1 Å². The van der Waals surface area contributed by atoms with Gasteiger partial charge in [0.15, 0.2) is 0 Å². The fraction of sp³-hybridized carbons (Fsp3) is 0.778. The molecule has 0 amide bonds. The molecule has 0 fully saturated rings. The van der Waals surface area contributed by atoms with E-state index >= 15 is 0 Å². The Hall–Kier alpha value is -0.540. The number of hydrogen-bond donors (Lipinski definition) is 1. The van der Waals surface area contributed by atoms with Gasteiger partial charge in [-0.25, -0.2) is 0 Å². The molecule has 1 unspecified atom stereocenters. The summed E-state index contributed by atoms with van der Waals surface area (Å²) in [4.78, 5) is 2.07. The van der Waals surface area contributed by atoms with Crippen LogP contribution in [0.3, 0.4) is 0 Å². The van der Waals surface area contributed by atoms with Crippen LogP contribution in [0.25, 0.3) is 0 Å². The maximum absolute atomic E-state index is 5.91. The summed E-state index contributed by atoms with van der Waals surface area (Å²) in [6.45, 7) is 1.68. The molecule has 0 aromatic carbocycles. The van der Waals surface area contributed by atoms with Crippen LogP contribution in [0.2, 0.25) is 0 Å². The van der Waals surface area contributed by atoms with Gasteiger partial charge in [0.25, 0.3) is 0 Å². The van der Waals surface area contributed by atoms with Crippen LogP contribution >= 0.6 is 0 Å². The average molecular weight is 170 g/mol. The van der Waals surface area contributed by atoms with Crippen LogP contribution in [-0.4, -0.2) is 38.2 Å². The van der Waals surface area contributed by atoms with E-state index in [1.54, 1.807) is 0 Å². The van der Waals surface area contributed by atoms with Gasteiger partial charge in [0, 0.05) is 6.54 Å². The summed E-state index contributed by atoms with van der Waals surface area (Å²) in [7, 11) is 4.03. The molecule has 1 rings (SSSR count). The number of likely N-dealkylation sites (N-methyl/N-ethyl adjacent to an activating group) is 1. The smallest absolute Gasteiger partial charge is 0.110 e. The maximum atomic E-state index is 5.91. The molecule has 1 atom stereocenters. The van der Waals surface area contributed by atoms with Crippen LogP contribution < -0.4 is 5.73 Å². The lowest BCUT2D eigenvalue weighted by molar-refractivity contribution is 0.167. The number of rotatable bonds is 3. The van der Waals surface area contributed by atoms with Crippen molar-refractivity contribution in [2.45, 2.75) is 18.9 Å². The lowest BCUT2D eigenvalue weighted by Crippen LogP contribution is -2.36. The van der Waals surface area contributed by atoms with Crippen molar-refractivity contribution in [1.29, 1.82) is 0 Å². The van der Waals surface area contributed by atoms with Crippen LogP contribution in [0.4, 0.5) is 0 Å². The van der Waals surface area contributed by atoms with Gasteiger partial charge in [-0.15, -0.1) is 0 Å². The first-order chi connectivity index (χ1) is 5.70. The van der Waals surface area contributed by atoms with Crippen molar-refractivity contribution in [2.75, 3.05) is 27.2 Å². The Balaban J connectivity index is 2.39. The Morgan fingerprint density at radius 2 is 2.42 bits per heavy atom. The molecule has 1 heterocycles. The van der Waals surface area contributed by atoms with Gasteiger partial charge in [-0.1, -0.05) is 0 Å². The summed E-state index contributed by atoms with van der Waals surface area (Å²) < 4.78 is 5.45. The van der Waals surface area contributed by atoms with Crippen LogP contribution in [0.1, 0.15) is 12.8 Å². The topological polar surface area (TPSA) is 38.5 Å². The van der Waals surface area contributed by atoms with Crippen LogP contribution in [-0.2, 0) is 4.74 Å². The molecular formula is C9H18N2O. The summed E-state index contributed by atoms with van der Waals surface area (Å²) >= 11 is 0. The molecule has 12 heavy (non-hydrogen) atoms. The molecular weight excluding hydrogens is 152 g/mol. The zero-order valence-electron chi connectivity index (χ0n) is 7.92. The fourth-order valence-corrected chi connectivity index (χ4v) is 1.32. The highest BCUT2D eigenvalue weighted by atomic mass is 16.5. The Bertz CT molecular complexity index is 166. The second-order valence-electron chi connectivity index (χ2n) is 3.47. The van der Waals surface area contributed by atoms with Gasteiger partial charge in [0.1, 0.15) is 5.76 Å². The summed E-state index contributed by atoms with van der Waals surface area (Å²) in [5, 5.41) is 0. The number of nitrogens with zero attached hydrogens (tertiary/aromatic N) is 1. The van der Waals surface area contributed by atoms with Crippen molar-refractivity contribution in [2.24, 2.45) is 5.73 Å². The third-order valence-electron chi connectivity index (χ3n) is 1.89. The van der Waals surface area contributed by atoms with Gasteiger partial charge in [-0.2, -0.15) is 0 Å². The molecule has 0 aromatic heterocycles. The summed E-state index contributed by atoms with van der Waals surface area (Å²) in [5.41, 5.74) is 5.91. The van der Waals surface area contributed by atoms with Gasteiger partial charge in [0.2, 0.25) is 0 Å². The predicted octanol–water partition coefficient (Wildman–Crippen LogP) is 0.570. The van der Waals surface area contributed by atoms with Crippen molar-refractivity contribution >= 4 is 0 Å². The van der Waals surface area contributed by atoms with Crippen molar-refractivity contribution in [1.82, 2.24) is 4.90 Å². The summed E-state index contributed by atoms with van der Waals surface area (Å²) in [5.74, 6) is 0.968. The van der Waals surface area contributed by atoms with Gasteiger partial charge in [-0.05, 0) is 33.0 Å². The molecule has 3 heteroatoms. The molecule has 0 radical (unpaired) electrons. The second-order valence-corrected chi connectivity index (χ2v) is 3.47. The van der Waals surface area contributed by atoms with Crippen LogP contribution in [0, 0.1) is 0 Å². The second kappa shape index (κ2) is 4.48. The van der Waals surface area contributed by atoms with Gasteiger partial charge < -0.3 is 15.4 Å². The predicted molar refractivity (Wildman–Crippen MR) is 49.8 cm³/mol. The van der Waals surface area contributed by atoms with E-state index in [0.29, 0.717) is 0 Å². The fourth-order valence-electron chi connectivity index (χ4n) is 1.32. The average Bonchev–Trinajstić information content (AvgIpc) is 2.05. The molecule has 0 saturated heterocycles. The molecule has 2 N–H and O–H groups in total. The number of nitrogens with two attached hydrogens (primary N) is 1. The van der Waals surface area contributed by atoms with E-state index in [9.17, 15) is 0 Å². The van der Waals surface area contributed by atoms with Crippen molar-refractivity contribution in [3.63, 3.8) is 0 Å². The van der Waals surface area contributed by atoms with E-state index in [1.165, 1.54) is 0 Å². The molecule has 0 bridgehead atoms. The minimum absolute atomic E-state index is 0.0419. The Morgan fingerprint density at radius 1 is 1.67 bits per heavy atom. The van der Waals surface area contributed by atoms with E-state index in [-0.39, 0.29) is 6.04 Å². The third-order valence-corrected chi connectivity index (χ3v) is 1.89. The first kappa shape index (κ1) is 9.55. The molecule has 3 nitrogen and oxygen atoms in total. The third kappa shape index (κ3) is 2.83. The molecule has 70 valence electrons. The first-order valence-corrected chi connectivity index (χ1v) is 4.43. The molecule has 0 aromatic rings. The number of hydrogen-bond acceptors (Lipinski definition) is 3. The SMILES string of the molecule is CN(C)CC(N)C1=CCCCO1. The lowest BCUT2D eigenvalue weighted by Gasteiger charge is -2.22. The first-order valence-electron chi connectivity index (χ1n) is 4.43. The van der Waals surface area contributed by atoms with E-state index in [2.05, 4.69) is 11.0 Å². The van der Waals surface area contributed by atoms with Crippen molar-refractivity contribution in [3.05, 3.63) is 11.8 Å². The monoisotopic (exact) mass is 170 g/mol. The Morgan fingerprint density at radius 3 is 2.92 bits per heavy atom. The normalized spacial score (nSPS) is 20.2. The molecule has 0 spiro atoms. The van der Waals surface area contributed by atoms with Crippen LogP contribution in [0.5, 0.6) is 0 Å². The van der Waals surface area contributed by atoms with Crippen molar-refractivity contribution < 1.29 is 4.74 Å². The lowest BCUT2D eigenvalue weighted by atomic mass is 10.1. The minimum Gasteiger partial charge on any atom is -0.497 e. The highest BCUT2D eigenvalue weighted by Gasteiger charge is 2.13. The van der Waals surface area contributed by atoms with Gasteiger partial charge in [0.05, 0.1) is 12.6 Å². The number of ether oxygens (including phenoxy) is 1. The zero-order chi connectivity index (χ0) is 8.97. The minimum atomic E-state index is 0.0419. The summed E-state index contributed by atoms with van der Waals surface area (Å²) in [6.07, 6.45) is 4.34. The van der Waals surface area contributed by atoms with Gasteiger partial charge >= 0.3 is 0 Å². The molecule has 1 aliphatic rings. The largest absolute Gasteiger partial charge is 0.497 e. The highest BCUT2D eigenvalue weighted by molar-refractivity contribution is 5.04. The number of allylic oxidation sites excluding steroid dienone is 1. The van der Waals surface area contributed by atoms with E-state index in [0.717, 1.165) is 31.8 Å². The van der Waals surface area contributed by atoms with E-state index in [4.69, 9.17) is 10.5 Å². The van der Waals surface area contributed by atoms with Crippen molar-refractivity contribution in [3.8, 4) is 0 Å². The Labute approximate surface area is 74.2 Å².